The van der Waals surface area contributed by atoms with Gasteiger partial charge in [0.15, 0.2) is 5.69 Å². The summed E-state index contributed by atoms with van der Waals surface area (Å²) in [6, 6.07) is 0. The second-order valence-corrected chi connectivity index (χ2v) is 4.74. The van der Waals surface area contributed by atoms with Gasteiger partial charge in [-0.05, 0) is 0 Å². The predicted molar refractivity (Wildman–Crippen MR) is 60.8 cm³/mol. The summed E-state index contributed by atoms with van der Waals surface area (Å²) in [6.45, 7) is 1.58. The van der Waals surface area contributed by atoms with Crippen LogP contribution < -0.4 is 5.73 Å². The zero-order valence-corrected chi connectivity index (χ0v) is 9.46. The number of hydrogen-bond acceptors (Lipinski definition) is 4. The van der Waals surface area contributed by atoms with Gasteiger partial charge in [0.1, 0.15) is 0 Å². The number of nitrogen functional groups attached to an aromatic ring is 1. The largest absolute Gasteiger partial charge is 0.396 e. The van der Waals surface area contributed by atoms with Gasteiger partial charge < -0.3 is 10.6 Å². The van der Waals surface area contributed by atoms with E-state index in [0.717, 1.165) is 24.6 Å². The normalized spacial score (nSPS) is 16.7. The van der Waals surface area contributed by atoms with Crippen LogP contribution in [0.3, 0.4) is 0 Å². The van der Waals surface area contributed by atoms with E-state index in [9.17, 15) is 4.79 Å². The number of thioether (sulfide) groups is 1. The summed E-state index contributed by atoms with van der Waals surface area (Å²) < 4.78 is 1.57. The van der Waals surface area contributed by atoms with Crippen molar-refractivity contribution >= 4 is 23.4 Å². The second kappa shape index (κ2) is 4.14. The van der Waals surface area contributed by atoms with Crippen LogP contribution in [-0.2, 0) is 7.05 Å². The Morgan fingerprint density at radius 2 is 2.20 bits per heavy atom. The molecule has 0 aromatic carbocycles. The Morgan fingerprint density at radius 1 is 1.53 bits per heavy atom. The van der Waals surface area contributed by atoms with E-state index >= 15 is 0 Å². The third kappa shape index (κ3) is 2.09. The van der Waals surface area contributed by atoms with Crippen molar-refractivity contribution in [3.05, 3.63) is 11.9 Å². The van der Waals surface area contributed by atoms with Gasteiger partial charge >= 0.3 is 0 Å². The maximum absolute atomic E-state index is 12.0. The molecule has 82 valence electrons. The number of aromatic nitrogens is 2. The Labute approximate surface area is 92.6 Å². The van der Waals surface area contributed by atoms with E-state index in [0.29, 0.717) is 11.4 Å². The lowest BCUT2D eigenvalue weighted by atomic mass is 10.3. The van der Waals surface area contributed by atoms with Gasteiger partial charge in [0, 0.05) is 37.8 Å². The molecular formula is C9H14N4OS. The highest BCUT2D eigenvalue weighted by atomic mass is 32.2. The first kappa shape index (κ1) is 10.4. The Bertz CT molecular complexity index is 370. The Morgan fingerprint density at radius 3 is 2.73 bits per heavy atom. The molecule has 15 heavy (non-hydrogen) atoms. The molecule has 0 bridgehead atoms. The highest BCUT2D eigenvalue weighted by Crippen LogP contribution is 2.15. The van der Waals surface area contributed by atoms with Gasteiger partial charge in [0.25, 0.3) is 5.91 Å². The first-order valence-corrected chi connectivity index (χ1v) is 6.00. The fourth-order valence-corrected chi connectivity index (χ4v) is 2.49. The lowest BCUT2D eigenvalue weighted by molar-refractivity contribution is 0.0766. The lowest BCUT2D eigenvalue weighted by Gasteiger charge is -2.25. The minimum absolute atomic E-state index is 0.0478. The highest BCUT2D eigenvalue weighted by molar-refractivity contribution is 7.99. The van der Waals surface area contributed by atoms with Crippen LogP contribution in [0.1, 0.15) is 10.5 Å². The summed E-state index contributed by atoms with van der Waals surface area (Å²) in [7, 11) is 1.76. The fourth-order valence-electron chi connectivity index (χ4n) is 1.59. The average Bonchev–Trinajstić information content (AvgIpc) is 2.58. The number of carbonyl (C=O) groups excluding carboxylic acids is 1. The average molecular weight is 226 g/mol. The molecule has 0 spiro atoms. The maximum Gasteiger partial charge on any atom is 0.276 e. The number of hydrogen-bond donors (Lipinski definition) is 1. The molecule has 1 aromatic heterocycles. The molecule has 0 atom stereocenters. The van der Waals surface area contributed by atoms with E-state index in [1.165, 1.54) is 0 Å². The van der Waals surface area contributed by atoms with E-state index in [4.69, 9.17) is 5.73 Å². The van der Waals surface area contributed by atoms with Crippen molar-refractivity contribution in [2.45, 2.75) is 0 Å². The summed E-state index contributed by atoms with van der Waals surface area (Å²) in [5.74, 6) is 1.95. The molecule has 2 N–H and O–H groups in total. The van der Waals surface area contributed by atoms with Crippen molar-refractivity contribution in [1.82, 2.24) is 14.7 Å². The lowest BCUT2D eigenvalue weighted by Crippen LogP contribution is -2.38. The maximum atomic E-state index is 12.0. The minimum atomic E-state index is -0.0478. The van der Waals surface area contributed by atoms with E-state index < -0.39 is 0 Å². The summed E-state index contributed by atoms with van der Waals surface area (Å²) in [5, 5.41) is 4.08. The highest BCUT2D eigenvalue weighted by Gasteiger charge is 2.22. The molecule has 2 rings (SSSR count). The van der Waals surface area contributed by atoms with Crippen molar-refractivity contribution in [2.24, 2.45) is 7.05 Å². The Hall–Kier alpha value is -1.17. The standard InChI is InChI=1S/C9H14N4OS/c1-12-6-7(10)8(11-12)9(14)13-2-4-15-5-3-13/h6H,2-5,10H2,1H3. The van der Waals surface area contributed by atoms with E-state index in [1.807, 2.05) is 16.7 Å². The molecule has 1 aliphatic heterocycles. The number of carbonyl (C=O) groups is 1. The van der Waals surface area contributed by atoms with Gasteiger partial charge in [-0.1, -0.05) is 0 Å². The monoisotopic (exact) mass is 226 g/mol. The molecule has 0 saturated carbocycles. The first-order chi connectivity index (χ1) is 7.18. The molecule has 5 nitrogen and oxygen atoms in total. The van der Waals surface area contributed by atoms with Crippen LogP contribution in [0.2, 0.25) is 0 Å². The quantitative estimate of drug-likeness (QED) is 0.742. The molecule has 1 amide bonds. The Kier molecular flexibility index (Phi) is 2.86. The van der Waals surface area contributed by atoms with Gasteiger partial charge in [-0.15, -0.1) is 0 Å². The van der Waals surface area contributed by atoms with Crippen molar-refractivity contribution in [1.29, 1.82) is 0 Å². The Balaban J connectivity index is 2.16. The molecule has 1 saturated heterocycles. The molecule has 1 aliphatic rings. The zero-order valence-electron chi connectivity index (χ0n) is 8.64. The molecule has 0 radical (unpaired) electrons. The van der Waals surface area contributed by atoms with E-state index in [-0.39, 0.29) is 5.91 Å². The SMILES string of the molecule is Cn1cc(N)c(C(=O)N2CCSCC2)n1. The molecular weight excluding hydrogens is 212 g/mol. The van der Waals surface area contributed by atoms with Crippen molar-refractivity contribution < 1.29 is 4.79 Å². The van der Waals surface area contributed by atoms with E-state index in [2.05, 4.69) is 5.10 Å². The third-order valence-corrected chi connectivity index (χ3v) is 3.30. The molecule has 1 aromatic rings. The number of rotatable bonds is 1. The summed E-state index contributed by atoms with van der Waals surface area (Å²) in [5.41, 5.74) is 6.55. The van der Waals surface area contributed by atoms with Gasteiger partial charge in [-0.2, -0.15) is 16.9 Å². The van der Waals surface area contributed by atoms with E-state index in [1.54, 1.807) is 17.9 Å². The van der Waals surface area contributed by atoms with Crippen LogP contribution in [0.4, 0.5) is 5.69 Å². The summed E-state index contributed by atoms with van der Waals surface area (Å²) in [6.07, 6.45) is 1.66. The number of anilines is 1. The summed E-state index contributed by atoms with van der Waals surface area (Å²) >= 11 is 1.87. The smallest absolute Gasteiger partial charge is 0.276 e. The molecule has 2 heterocycles. The topological polar surface area (TPSA) is 64.2 Å². The van der Waals surface area contributed by atoms with Crippen LogP contribution >= 0.6 is 11.8 Å². The second-order valence-electron chi connectivity index (χ2n) is 3.51. The van der Waals surface area contributed by atoms with Crippen LogP contribution in [0.5, 0.6) is 0 Å². The van der Waals surface area contributed by atoms with Crippen molar-refractivity contribution in [3.63, 3.8) is 0 Å². The molecule has 1 fully saturated rings. The van der Waals surface area contributed by atoms with Crippen molar-refractivity contribution in [3.8, 4) is 0 Å². The molecule has 6 heteroatoms. The number of nitrogens with two attached hydrogens (primary N) is 1. The van der Waals surface area contributed by atoms with Crippen LogP contribution in [0.25, 0.3) is 0 Å². The van der Waals surface area contributed by atoms with Crippen LogP contribution in [-0.4, -0.2) is 45.2 Å². The van der Waals surface area contributed by atoms with Crippen molar-refractivity contribution in [2.75, 3.05) is 30.3 Å². The first-order valence-electron chi connectivity index (χ1n) is 4.84. The van der Waals surface area contributed by atoms with Gasteiger partial charge in [0.2, 0.25) is 0 Å². The predicted octanol–water partition coefficient (Wildman–Crippen LogP) is 0.191. The van der Waals surface area contributed by atoms with Crippen LogP contribution in [0, 0.1) is 0 Å². The molecule has 0 unspecified atom stereocenters. The van der Waals surface area contributed by atoms with Gasteiger partial charge in [0.05, 0.1) is 5.69 Å². The number of nitrogens with zero attached hydrogens (tertiary/aromatic N) is 3. The van der Waals surface area contributed by atoms with Gasteiger partial charge in [-0.25, -0.2) is 0 Å². The number of aryl methyl sites for hydroxylation is 1. The minimum Gasteiger partial charge on any atom is -0.396 e. The summed E-state index contributed by atoms with van der Waals surface area (Å²) in [4.78, 5) is 13.8. The van der Waals surface area contributed by atoms with Crippen LogP contribution in [0.15, 0.2) is 6.20 Å². The zero-order chi connectivity index (χ0) is 10.8. The fraction of sp³-hybridized carbons (Fsp3) is 0.556. The number of amides is 1. The van der Waals surface area contributed by atoms with Gasteiger partial charge in [-0.3, -0.25) is 9.48 Å². The molecule has 0 aliphatic carbocycles. The third-order valence-electron chi connectivity index (χ3n) is 2.36.